The highest BCUT2D eigenvalue weighted by atomic mass is 16.5. The van der Waals surface area contributed by atoms with Crippen LogP contribution in [0.4, 0.5) is 11.6 Å². The maximum atomic E-state index is 11.5. The standard InChI is InChI=1S/C20H26N6O/c1-3-17-13-22-26-18(21-12-16-8-6-9-24(27)14-16)11-19(23-20(17)26)25-10-5-4-7-15(25)2/h6,8-9,11,13-15,21H,3-5,7,10,12H2,1-2H3/t15-/m0/s1. The average molecular weight is 366 g/mol. The molecule has 1 saturated heterocycles. The van der Waals surface area contributed by atoms with Crippen molar-refractivity contribution in [2.75, 3.05) is 16.8 Å². The van der Waals surface area contributed by atoms with Gasteiger partial charge in [0.1, 0.15) is 11.6 Å². The lowest BCUT2D eigenvalue weighted by atomic mass is 10.0. The van der Waals surface area contributed by atoms with Gasteiger partial charge in [0.25, 0.3) is 0 Å². The first-order valence-electron chi connectivity index (χ1n) is 9.71. The molecule has 0 radical (unpaired) electrons. The lowest BCUT2D eigenvalue weighted by Crippen LogP contribution is -2.38. The zero-order valence-electron chi connectivity index (χ0n) is 15.9. The smallest absolute Gasteiger partial charge is 0.185 e. The molecule has 1 N–H and O–H groups in total. The Balaban J connectivity index is 1.70. The second-order valence-electron chi connectivity index (χ2n) is 7.22. The third-order valence-electron chi connectivity index (χ3n) is 5.32. The van der Waals surface area contributed by atoms with Gasteiger partial charge in [-0.3, -0.25) is 0 Å². The first-order valence-corrected chi connectivity index (χ1v) is 9.71. The van der Waals surface area contributed by atoms with E-state index < -0.39 is 0 Å². The number of fused-ring (bicyclic) bond motifs is 1. The molecule has 1 aliphatic rings. The number of nitrogens with one attached hydrogen (secondary N) is 1. The largest absolute Gasteiger partial charge is 0.619 e. The highest BCUT2D eigenvalue weighted by Crippen LogP contribution is 2.27. The molecule has 0 amide bonds. The van der Waals surface area contributed by atoms with Crippen LogP contribution in [0.2, 0.25) is 0 Å². The summed E-state index contributed by atoms with van der Waals surface area (Å²) in [5.74, 6) is 1.90. The summed E-state index contributed by atoms with van der Waals surface area (Å²) < 4.78 is 2.69. The van der Waals surface area contributed by atoms with Crippen LogP contribution >= 0.6 is 0 Å². The van der Waals surface area contributed by atoms with Gasteiger partial charge >= 0.3 is 0 Å². The van der Waals surface area contributed by atoms with Crippen LogP contribution in [0.5, 0.6) is 0 Å². The minimum absolute atomic E-state index is 0.489. The van der Waals surface area contributed by atoms with E-state index in [1.807, 2.05) is 16.8 Å². The second-order valence-corrected chi connectivity index (χ2v) is 7.22. The fourth-order valence-corrected chi connectivity index (χ4v) is 3.75. The Labute approximate surface area is 159 Å². The van der Waals surface area contributed by atoms with Gasteiger partial charge in [-0.2, -0.15) is 14.3 Å². The van der Waals surface area contributed by atoms with Crippen LogP contribution in [0.25, 0.3) is 5.65 Å². The molecule has 0 unspecified atom stereocenters. The number of pyridine rings is 1. The summed E-state index contributed by atoms with van der Waals surface area (Å²) >= 11 is 0. The van der Waals surface area contributed by atoms with E-state index in [1.54, 1.807) is 12.3 Å². The number of hydrogen-bond donors (Lipinski definition) is 1. The molecular weight excluding hydrogens is 340 g/mol. The first-order chi connectivity index (χ1) is 13.2. The molecule has 0 bridgehead atoms. The zero-order chi connectivity index (χ0) is 18.8. The number of anilines is 2. The summed E-state index contributed by atoms with van der Waals surface area (Å²) in [7, 11) is 0. The van der Waals surface area contributed by atoms with Crippen molar-refractivity contribution in [1.29, 1.82) is 0 Å². The molecule has 1 aliphatic heterocycles. The van der Waals surface area contributed by atoms with Crippen molar-refractivity contribution in [2.24, 2.45) is 0 Å². The minimum Gasteiger partial charge on any atom is -0.619 e. The predicted molar refractivity (Wildman–Crippen MR) is 106 cm³/mol. The molecule has 7 nitrogen and oxygen atoms in total. The van der Waals surface area contributed by atoms with E-state index in [0.29, 0.717) is 12.6 Å². The van der Waals surface area contributed by atoms with Crippen molar-refractivity contribution in [3.8, 4) is 0 Å². The summed E-state index contributed by atoms with van der Waals surface area (Å²) in [5, 5.41) is 19.5. The second kappa shape index (κ2) is 7.42. The fraction of sp³-hybridized carbons (Fsp3) is 0.450. The highest BCUT2D eigenvalue weighted by molar-refractivity contribution is 5.61. The molecule has 1 fully saturated rings. The van der Waals surface area contributed by atoms with Gasteiger partial charge in [0.05, 0.1) is 6.20 Å². The number of nitrogens with zero attached hydrogens (tertiary/aromatic N) is 5. The van der Waals surface area contributed by atoms with Gasteiger partial charge in [0, 0.05) is 42.4 Å². The van der Waals surface area contributed by atoms with E-state index in [9.17, 15) is 5.21 Å². The topological polar surface area (TPSA) is 72.4 Å². The van der Waals surface area contributed by atoms with E-state index in [0.717, 1.165) is 46.1 Å². The summed E-state index contributed by atoms with van der Waals surface area (Å²) in [5.41, 5.74) is 2.97. The van der Waals surface area contributed by atoms with Gasteiger partial charge in [-0.1, -0.05) is 6.92 Å². The Hall–Kier alpha value is -2.83. The van der Waals surface area contributed by atoms with Gasteiger partial charge in [-0.15, -0.1) is 0 Å². The van der Waals surface area contributed by atoms with Gasteiger partial charge in [-0.05, 0) is 38.7 Å². The molecule has 0 aromatic carbocycles. The van der Waals surface area contributed by atoms with Crippen molar-refractivity contribution < 1.29 is 4.73 Å². The van der Waals surface area contributed by atoms with E-state index in [2.05, 4.69) is 35.2 Å². The van der Waals surface area contributed by atoms with Crippen LogP contribution in [0.15, 0.2) is 36.8 Å². The van der Waals surface area contributed by atoms with Crippen LogP contribution in [0.3, 0.4) is 0 Å². The Kier molecular flexibility index (Phi) is 4.83. The summed E-state index contributed by atoms with van der Waals surface area (Å²) in [6.45, 7) is 5.98. The van der Waals surface area contributed by atoms with Gasteiger partial charge < -0.3 is 15.4 Å². The molecule has 3 aromatic rings. The van der Waals surface area contributed by atoms with Crippen molar-refractivity contribution in [3.63, 3.8) is 0 Å². The maximum absolute atomic E-state index is 11.5. The van der Waals surface area contributed by atoms with Crippen LogP contribution in [-0.2, 0) is 13.0 Å². The number of piperidine rings is 1. The van der Waals surface area contributed by atoms with Crippen molar-refractivity contribution >= 4 is 17.3 Å². The number of hydrogen-bond acceptors (Lipinski definition) is 5. The Morgan fingerprint density at radius 3 is 3.04 bits per heavy atom. The summed E-state index contributed by atoms with van der Waals surface area (Å²) in [6, 6.07) is 6.27. The number of aryl methyl sites for hydroxylation is 1. The van der Waals surface area contributed by atoms with Crippen LogP contribution < -0.4 is 14.9 Å². The van der Waals surface area contributed by atoms with E-state index in [-0.39, 0.29) is 0 Å². The van der Waals surface area contributed by atoms with Crippen molar-refractivity contribution in [3.05, 3.63) is 53.1 Å². The number of aromatic nitrogens is 4. The molecule has 4 rings (SSSR count). The molecule has 0 spiro atoms. The Morgan fingerprint density at radius 1 is 1.37 bits per heavy atom. The Bertz CT molecular complexity index is 937. The zero-order valence-corrected chi connectivity index (χ0v) is 15.9. The van der Waals surface area contributed by atoms with E-state index in [4.69, 9.17) is 4.98 Å². The fourth-order valence-electron chi connectivity index (χ4n) is 3.75. The minimum atomic E-state index is 0.489. The predicted octanol–water partition coefficient (Wildman–Crippen LogP) is 2.92. The van der Waals surface area contributed by atoms with E-state index in [1.165, 1.54) is 25.5 Å². The molecule has 3 aromatic heterocycles. The average Bonchev–Trinajstić information content (AvgIpc) is 3.09. The monoisotopic (exact) mass is 366 g/mol. The summed E-state index contributed by atoms with van der Waals surface area (Å²) in [6.07, 6.45) is 9.54. The molecule has 7 heteroatoms. The van der Waals surface area contributed by atoms with E-state index >= 15 is 0 Å². The normalized spacial score (nSPS) is 17.4. The lowest BCUT2D eigenvalue weighted by molar-refractivity contribution is -0.605. The molecule has 142 valence electrons. The Morgan fingerprint density at radius 2 is 2.26 bits per heavy atom. The third-order valence-corrected chi connectivity index (χ3v) is 5.32. The number of rotatable bonds is 5. The quantitative estimate of drug-likeness (QED) is 0.555. The van der Waals surface area contributed by atoms with Crippen LogP contribution in [0.1, 0.15) is 44.2 Å². The van der Waals surface area contributed by atoms with Crippen LogP contribution in [-0.4, -0.2) is 27.2 Å². The molecular formula is C20H26N6O. The SMILES string of the molecule is CCc1cnn2c(NCc3ccc[n+]([O-])c3)cc(N3CCCC[C@@H]3C)nc12. The van der Waals surface area contributed by atoms with Gasteiger partial charge in [-0.25, -0.2) is 4.98 Å². The summed E-state index contributed by atoms with van der Waals surface area (Å²) in [4.78, 5) is 7.34. The lowest BCUT2D eigenvalue weighted by Gasteiger charge is -2.34. The first kappa shape index (κ1) is 17.6. The third kappa shape index (κ3) is 3.54. The molecule has 1 atom stereocenters. The van der Waals surface area contributed by atoms with Gasteiger partial charge in [0.2, 0.25) is 0 Å². The maximum Gasteiger partial charge on any atom is 0.185 e. The molecule has 0 saturated carbocycles. The van der Waals surface area contributed by atoms with Gasteiger partial charge in [0.15, 0.2) is 18.0 Å². The molecule has 27 heavy (non-hydrogen) atoms. The highest BCUT2D eigenvalue weighted by Gasteiger charge is 2.22. The van der Waals surface area contributed by atoms with Crippen LogP contribution in [0, 0.1) is 5.21 Å². The molecule has 0 aliphatic carbocycles. The van der Waals surface area contributed by atoms with Crippen molar-refractivity contribution in [1.82, 2.24) is 14.6 Å². The molecule has 4 heterocycles. The van der Waals surface area contributed by atoms with Crippen molar-refractivity contribution in [2.45, 2.75) is 52.1 Å².